The Kier molecular flexibility index (Phi) is 5.40. The molecule has 0 saturated carbocycles. The fourth-order valence-corrected chi connectivity index (χ4v) is 2.57. The highest BCUT2D eigenvalue weighted by molar-refractivity contribution is 9.10. The van der Waals surface area contributed by atoms with Gasteiger partial charge in [0.25, 0.3) is 0 Å². The average Bonchev–Trinajstić information content (AvgIpc) is 2.37. The van der Waals surface area contributed by atoms with Crippen molar-refractivity contribution in [2.75, 3.05) is 0 Å². The molecule has 1 unspecified atom stereocenters. The molecule has 1 atom stereocenters. The van der Waals surface area contributed by atoms with Gasteiger partial charge in [-0.15, -0.1) is 0 Å². The molecule has 5 heteroatoms. The minimum absolute atomic E-state index is 0.0587. The normalized spacial score (nSPS) is 12.2. The molecule has 0 amide bonds. The van der Waals surface area contributed by atoms with Crippen molar-refractivity contribution in [1.29, 1.82) is 0 Å². The summed E-state index contributed by atoms with van der Waals surface area (Å²) in [5.41, 5.74) is 7.86. The maximum Gasteiger partial charge on any atom is 0.141 e. The number of para-hydroxylation sites is 1. The van der Waals surface area contributed by atoms with Crippen LogP contribution in [-0.2, 0) is 13.0 Å². The number of pyridine rings is 1. The summed E-state index contributed by atoms with van der Waals surface area (Å²) in [5.74, 6) is 0.700. The third-order valence-corrected chi connectivity index (χ3v) is 3.47. The summed E-state index contributed by atoms with van der Waals surface area (Å²) in [6.07, 6.45) is 4.24. The van der Waals surface area contributed by atoms with E-state index in [-0.39, 0.29) is 6.04 Å². The second-order valence-electron chi connectivity index (χ2n) is 4.71. The zero-order valence-corrected chi connectivity index (χ0v) is 13.5. The molecule has 0 saturated heterocycles. The molecule has 2 aromatic rings. The summed E-state index contributed by atoms with van der Waals surface area (Å²) in [7, 11) is 0. The Bertz CT molecular complexity index is 590. The van der Waals surface area contributed by atoms with E-state index in [0.717, 1.165) is 22.0 Å². The lowest BCUT2D eigenvalue weighted by Crippen LogP contribution is -2.18. The molecule has 20 heavy (non-hydrogen) atoms. The van der Waals surface area contributed by atoms with Gasteiger partial charge >= 0.3 is 0 Å². The molecule has 1 aromatic carbocycles. The zero-order valence-electron chi connectivity index (χ0n) is 11.1. The van der Waals surface area contributed by atoms with Gasteiger partial charge in [0, 0.05) is 28.5 Å². The van der Waals surface area contributed by atoms with Crippen molar-refractivity contribution in [2.24, 2.45) is 5.73 Å². The molecular weight excluding hydrogens is 340 g/mol. The van der Waals surface area contributed by atoms with Crippen LogP contribution in [0.15, 0.2) is 41.1 Å². The summed E-state index contributed by atoms with van der Waals surface area (Å²) < 4.78 is 6.79. The maximum absolute atomic E-state index is 6.22. The van der Waals surface area contributed by atoms with Gasteiger partial charge in [-0.2, -0.15) is 0 Å². The number of aromatic nitrogens is 1. The highest BCUT2D eigenvalue weighted by Crippen LogP contribution is 2.30. The van der Waals surface area contributed by atoms with E-state index in [1.807, 2.05) is 31.2 Å². The van der Waals surface area contributed by atoms with E-state index in [0.29, 0.717) is 17.4 Å². The standard InChI is InChI=1S/C15H16BrClN2O/c1-10(18)5-12-3-2-4-14(17)15(12)20-9-11-6-13(16)8-19-7-11/h2-4,6-8,10H,5,9,18H2,1H3. The van der Waals surface area contributed by atoms with Crippen LogP contribution >= 0.6 is 27.5 Å². The van der Waals surface area contributed by atoms with Gasteiger partial charge < -0.3 is 10.5 Å². The summed E-state index contributed by atoms with van der Waals surface area (Å²) in [6.45, 7) is 2.38. The third-order valence-electron chi connectivity index (χ3n) is 2.74. The maximum atomic E-state index is 6.22. The van der Waals surface area contributed by atoms with Gasteiger partial charge in [-0.3, -0.25) is 4.98 Å². The highest BCUT2D eigenvalue weighted by Gasteiger charge is 2.10. The van der Waals surface area contributed by atoms with E-state index in [9.17, 15) is 0 Å². The lowest BCUT2D eigenvalue weighted by Gasteiger charge is -2.14. The quantitative estimate of drug-likeness (QED) is 0.883. The van der Waals surface area contributed by atoms with Crippen molar-refractivity contribution in [2.45, 2.75) is 26.0 Å². The van der Waals surface area contributed by atoms with Gasteiger partial charge in [0.05, 0.1) is 5.02 Å². The first-order chi connectivity index (χ1) is 9.56. The molecule has 1 aromatic heterocycles. The monoisotopic (exact) mass is 354 g/mol. The molecule has 0 aliphatic rings. The fourth-order valence-electron chi connectivity index (χ4n) is 1.91. The van der Waals surface area contributed by atoms with Gasteiger partial charge in [-0.25, -0.2) is 0 Å². The number of hydrogen-bond acceptors (Lipinski definition) is 3. The van der Waals surface area contributed by atoms with Crippen LogP contribution in [0.5, 0.6) is 5.75 Å². The molecule has 1 heterocycles. The zero-order chi connectivity index (χ0) is 14.5. The van der Waals surface area contributed by atoms with E-state index in [4.69, 9.17) is 22.1 Å². The number of ether oxygens (including phenoxy) is 1. The van der Waals surface area contributed by atoms with Crippen molar-refractivity contribution in [3.63, 3.8) is 0 Å². The molecule has 0 bridgehead atoms. The molecule has 106 valence electrons. The molecule has 2 rings (SSSR count). The summed E-state index contributed by atoms with van der Waals surface area (Å²) in [6, 6.07) is 7.75. The summed E-state index contributed by atoms with van der Waals surface area (Å²) >= 11 is 9.61. The minimum atomic E-state index is 0.0587. The lowest BCUT2D eigenvalue weighted by molar-refractivity contribution is 0.302. The third kappa shape index (κ3) is 4.20. The van der Waals surface area contributed by atoms with Crippen LogP contribution in [-0.4, -0.2) is 11.0 Å². The Morgan fingerprint density at radius 2 is 2.20 bits per heavy atom. The largest absolute Gasteiger partial charge is 0.487 e. The van der Waals surface area contributed by atoms with E-state index in [1.54, 1.807) is 12.4 Å². The Morgan fingerprint density at radius 3 is 2.90 bits per heavy atom. The number of hydrogen-bond donors (Lipinski definition) is 1. The Morgan fingerprint density at radius 1 is 1.40 bits per heavy atom. The Labute approximate surface area is 132 Å². The fraction of sp³-hybridized carbons (Fsp3) is 0.267. The Hall–Kier alpha value is -1.10. The molecular formula is C15H16BrClN2O. The van der Waals surface area contributed by atoms with Crippen molar-refractivity contribution in [1.82, 2.24) is 4.98 Å². The number of halogens is 2. The van der Waals surface area contributed by atoms with Crippen LogP contribution in [0.4, 0.5) is 0 Å². The van der Waals surface area contributed by atoms with Crippen LogP contribution < -0.4 is 10.5 Å². The number of rotatable bonds is 5. The van der Waals surface area contributed by atoms with E-state index in [2.05, 4.69) is 20.9 Å². The second kappa shape index (κ2) is 7.07. The van der Waals surface area contributed by atoms with Crippen molar-refractivity contribution >= 4 is 27.5 Å². The Balaban J connectivity index is 2.16. The first-order valence-electron chi connectivity index (χ1n) is 6.31. The number of nitrogens with zero attached hydrogens (tertiary/aromatic N) is 1. The van der Waals surface area contributed by atoms with Gasteiger partial charge in [-0.1, -0.05) is 23.7 Å². The molecule has 0 aliphatic heterocycles. The lowest BCUT2D eigenvalue weighted by atomic mass is 10.1. The SMILES string of the molecule is CC(N)Cc1cccc(Cl)c1OCc1cncc(Br)c1. The van der Waals surface area contributed by atoms with Gasteiger partial charge in [0.2, 0.25) is 0 Å². The summed E-state index contributed by atoms with van der Waals surface area (Å²) in [4.78, 5) is 4.11. The highest BCUT2D eigenvalue weighted by atomic mass is 79.9. The van der Waals surface area contributed by atoms with Crippen molar-refractivity contribution in [3.05, 3.63) is 57.3 Å². The van der Waals surface area contributed by atoms with E-state index >= 15 is 0 Å². The molecule has 0 aliphatic carbocycles. The van der Waals surface area contributed by atoms with E-state index < -0.39 is 0 Å². The van der Waals surface area contributed by atoms with Crippen LogP contribution in [0.1, 0.15) is 18.1 Å². The van der Waals surface area contributed by atoms with Crippen molar-refractivity contribution in [3.8, 4) is 5.75 Å². The average molecular weight is 356 g/mol. The number of benzene rings is 1. The first-order valence-corrected chi connectivity index (χ1v) is 7.48. The molecule has 0 radical (unpaired) electrons. The smallest absolute Gasteiger partial charge is 0.141 e. The molecule has 3 nitrogen and oxygen atoms in total. The first kappa shape index (κ1) is 15.3. The van der Waals surface area contributed by atoms with Crippen LogP contribution in [0.2, 0.25) is 5.02 Å². The van der Waals surface area contributed by atoms with Gasteiger partial charge in [0.15, 0.2) is 0 Å². The predicted molar refractivity (Wildman–Crippen MR) is 85.1 cm³/mol. The van der Waals surface area contributed by atoms with Crippen molar-refractivity contribution < 1.29 is 4.74 Å². The minimum Gasteiger partial charge on any atom is -0.487 e. The number of nitrogens with two attached hydrogens (primary N) is 1. The van der Waals surface area contributed by atoms with E-state index in [1.165, 1.54) is 0 Å². The molecule has 0 fully saturated rings. The second-order valence-corrected chi connectivity index (χ2v) is 6.03. The van der Waals surface area contributed by atoms with Gasteiger partial charge in [-0.05, 0) is 47.0 Å². The van der Waals surface area contributed by atoms with Crippen LogP contribution in [0.25, 0.3) is 0 Å². The van der Waals surface area contributed by atoms with Gasteiger partial charge in [0.1, 0.15) is 12.4 Å². The summed E-state index contributed by atoms with van der Waals surface area (Å²) in [5, 5.41) is 0.603. The predicted octanol–water partition coefficient (Wildman–Crippen LogP) is 3.97. The molecule has 2 N–H and O–H groups in total. The van der Waals surface area contributed by atoms with Crippen LogP contribution in [0.3, 0.4) is 0 Å². The van der Waals surface area contributed by atoms with Crippen LogP contribution in [0, 0.1) is 0 Å². The topological polar surface area (TPSA) is 48.1 Å². The molecule has 0 spiro atoms.